The van der Waals surface area contributed by atoms with Gasteiger partial charge in [-0.2, -0.15) is 0 Å². The molecule has 0 aromatic carbocycles. The van der Waals surface area contributed by atoms with Gasteiger partial charge >= 0.3 is 5.97 Å². The molecule has 3 aromatic heterocycles. The molecular weight excluding hydrogens is 327 g/mol. The van der Waals surface area contributed by atoms with Crippen molar-refractivity contribution >= 4 is 23.1 Å². The Kier molecular flexibility index (Phi) is 3.24. The second-order valence-electron chi connectivity index (χ2n) is 5.45. The van der Waals surface area contributed by atoms with Gasteiger partial charge in [0, 0.05) is 12.4 Å². The van der Waals surface area contributed by atoms with Crippen LogP contribution in [-0.2, 0) is 4.74 Å². The van der Waals surface area contributed by atoms with E-state index in [0.29, 0.717) is 0 Å². The molecule has 0 saturated carbocycles. The number of pyridine rings is 2. The topological polar surface area (TPSA) is 77.7 Å². The molecule has 0 saturated heterocycles. The molecule has 0 atom stereocenters. The van der Waals surface area contributed by atoms with Crippen molar-refractivity contribution in [2.75, 3.05) is 6.61 Å². The maximum absolute atomic E-state index is 14.4. The third-order valence-electron chi connectivity index (χ3n) is 4.10. The van der Waals surface area contributed by atoms with Crippen LogP contribution >= 0.6 is 0 Å². The maximum atomic E-state index is 14.4. The van der Waals surface area contributed by atoms with Crippen LogP contribution in [0.4, 0.5) is 4.39 Å². The molecule has 25 heavy (non-hydrogen) atoms. The van der Waals surface area contributed by atoms with Crippen LogP contribution in [0, 0.1) is 5.82 Å². The van der Waals surface area contributed by atoms with Gasteiger partial charge in [0.15, 0.2) is 0 Å². The van der Waals surface area contributed by atoms with E-state index in [4.69, 9.17) is 4.74 Å². The van der Waals surface area contributed by atoms with E-state index < -0.39 is 23.4 Å². The fourth-order valence-electron chi connectivity index (χ4n) is 3.13. The molecule has 3 heterocycles. The average molecular weight is 338 g/mol. The second kappa shape index (κ2) is 5.34. The molecular formula is C18H11FN2O4. The second-order valence-corrected chi connectivity index (χ2v) is 5.45. The molecule has 7 heteroatoms. The van der Waals surface area contributed by atoms with E-state index in [-0.39, 0.29) is 40.2 Å². The SMILES string of the molecule is CCOC(=O)c1c2c(n3cccc(F)c13)C(=O)c1cccnc1C2=O. The van der Waals surface area contributed by atoms with E-state index in [9.17, 15) is 18.8 Å². The summed E-state index contributed by atoms with van der Waals surface area (Å²) in [6.45, 7) is 1.65. The van der Waals surface area contributed by atoms with Gasteiger partial charge < -0.3 is 9.14 Å². The van der Waals surface area contributed by atoms with E-state index in [0.717, 1.165) is 6.07 Å². The quantitative estimate of drug-likeness (QED) is 0.525. The molecule has 1 aliphatic carbocycles. The van der Waals surface area contributed by atoms with Crippen molar-refractivity contribution < 1.29 is 23.5 Å². The number of halogens is 1. The van der Waals surface area contributed by atoms with Gasteiger partial charge in [-0.05, 0) is 31.2 Å². The van der Waals surface area contributed by atoms with Crippen LogP contribution in [0.1, 0.15) is 49.4 Å². The van der Waals surface area contributed by atoms with Crippen molar-refractivity contribution in [3.8, 4) is 0 Å². The summed E-state index contributed by atoms with van der Waals surface area (Å²) in [5.74, 6) is -2.67. The van der Waals surface area contributed by atoms with E-state index >= 15 is 0 Å². The molecule has 6 nitrogen and oxygen atoms in total. The van der Waals surface area contributed by atoms with Crippen molar-refractivity contribution in [3.63, 3.8) is 0 Å². The first kappa shape index (κ1) is 15.2. The molecule has 0 bridgehead atoms. The Balaban J connectivity index is 2.15. The van der Waals surface area contributed by atoms with E-state index in [1.165, 1.54) is 35.0 Å². The van der Waals surface area contributed by atoms with Crippen LogP contribution in [0.2, 0.25) is 0 Å². The highest BCUT2D eigenvalue weighted by Gasteiger charge is 2.39. The van der Waals surface area contributed by atoms with Crippen LogP contribution in [0.15, 0.2) is 36.7 Å². The number of rotatable bonds is 2. The molecule has 0 fully saturated rings. The number of ether oxygens (including phenoxy) is 1. The summed E-state index contributed by atoms with van der Waals surface area (Å²) in [6, 6.07) is 5.57. The first-order valence-electron chi connectivity index (χ1n) is 7.60. The van der Waals surface area contributed by atoms with Gasteiger partial charge in [-0.25, -0.2) is 9.18 Å². The fraction of sp³-hybridized carbons (Fsp3) is 0.111. The molecule has 0 unspecified atom stereocenters. The lowest BCUT2D eigenvalue weighted by Gasteiger charge is -2.14. The highest BCUT2D eigenvalue weighted by molar-refractivity contribution is 6.31. The third kappa shape index (κ3) is 1.95. The molecule has 0 aliphatic heterocycles. The highest BCUT2D eigenvalue weighted by Crippen LogP contribution is 2.34. The molecule has 4 rings (SSSR count). The first-order valence-corrected chi connectivity index (χ1v) is 7.60. The maximum Gasteiger partial charge on any atom is 0.341 e. The number of fused-ring (bicyclic) bond motifs is 4. The van der Waals surface area contributed by atoms with Gasteiger partial charge in [-0.1, -0.05) is 0 Å². The molecule has 124 valence electrons. The number of nitrogens with zero attached hydrogens (tertiary/aromatic N) is 2. The standard InChI is InChI=1S/C18H11FN2O4/c1-2-25-18(24)12-11-15(21-8-4-6-10(19)14(12)21)16(22)9-5-3-7-20-13(9)17(11)23/h3-8H,2H2,1H3. The summed E-state index contributed by atoms with van der Waals surface area (Å²) >= 11 is 0. The van der Waals surface area contributed by atoms with Gasteiger partial charge in [0.2, 0.25) is 11.6 Å². The van der Waals surface area contributed by atoms with E-state index in [1.54, 1.807) is 6.92 Å². The number of carbonyl (C=O) groups excluding carboxylic acids is 3. The Morgan fingerprint density at radius 3 is 2.80 bits per heavy atom. The van der Waals surface area contributed by atoms with E-state index in [2.05, 4.69) is 4.98 Å². The Hall–Kier alpha value is -3.35. The minimum absolute atomic E-state index is 0.0520. The summed E-state index contributed by atoms with van der Waals surface area (Å²) < 4.78 is 20.7. The Bertz CT molecular complexity index is 1080. The molecule has 3 aromatic rings. The zero-order valence-electron chi connectivity index (χ0n) is 13.1. The fourth-order valence-corrected chi connectivity index (χ4v) is 3.13. The number of hydrogen-bond acceptors (Lipinski definition) is 5. The zero-order valence-corrected chi connectivity index (χ0v) is 13.1. The van der Waals surface area contributed by atoms with Crippen LogP contribution in [0.25, 0.3) is 5.52 Å². The smallest absolute Gasteiger partial charge is 0.341 e. The number of carbonyl (C=O) groups is 3. The van der Waals surface area contributed by atoms with Crippen molar-refractivity contribution in [1.82, 2.24) is 9.38 Å². The van der Waals surface area contributed by atoms with Gasteiger partial charge in [0.05, 0.1) is 23.3 Å². The first-order chi connectivity index (χ1) is 12.1. The number of aromatic nitrogens is 2. The Morgan fingerprint density at radius 2 is 2.04 bits per heavy atom. The van der Waals surface area contributed by atoms with Gasteiger partial charge in [0.25, 0.3) is 0 Å². The number of hydrogen-bond donors (Lipinski definition) is 0. The van der Waals surface area contributed by atoms with Crippen molar-refractivity contribution in [2.24, 2.45) is 0 Å². The summed E-state index contributed by atoms with van der Waals surface area (Å²) in [5, 5.41) is 0. The monoisotopic (exact) mass is 338 g/mol. The van der Waals surface area contributed by atoms with E-state index in [1.807, 2.05) is 0 Å². The number of ketones is 2. The molecule has 0 spiro atoms. The molecule has 0 radical (unpaired) electrons. The Labute approximate surface area is 140 Å². The van der Waals surface area contributed by atoms with Crippen molar-refractivity contribution in [3.05, 3.63) is 70.6 Å². The number of esters is 1. The van der Waals surface area contributed by atoms with Crippen LogP contribution < -0.4 is 0 Å². The van der Waals surface area contributed by atoms with Gasteiger partial charge in [-0.3, -0.25) is 14.6 Å². The third-order valence-corrected chi connectivity index (χ3v) is 4.10. The predicted molar refractivity (Wildman–Crippen MR) is 84.4 cm³/mol. The highest BCUT2D eigenvalue weighted by atomic mass is 19.1. The minimum atomic E-state index is -0.855. The van der Waals surface area contributed by atoms with Crippen LogP contribution in [-0.4, -0.2) is 33.5 Å². The Morgan fingerprint density at radius 1 is 1.24 bits per heavy atom. The zero-order chi connectivity index (χ0) is 17.7. The van der Waals surface area contributed by atoms with Gasteiger partial charge in [-0.15, -0.1) is 0 Å². The van der Waals surface area contributed by atoms with Crippen molar-refractivity contribution in [2.45, 2.75) is 6.92 Å². The van der Waals surface area contributed by atoms with Crippen LogP contribution in [0.5, 0.6) is 0 Å². The van der Waals surface area contributed by atoms with Crippen molar-refractivity contribution in [1.29, 1.82) is 0 Å². The average Bonchev–Trinajstić information content (AvgIpc) is 2.97. The van der Waals surface area contributed by atoms with Gasteiger partial charge in [0.1, 0.15) is 22.8 Å². The molecule has 0 N–H and O–H groups in total. The lowest BCUT2D eigenvalue weighted by molar-refractivity contribution is 0.0525. The van der Waals surface area contributed by atoms with Crippen LogP contribution in [0.3, 0.4) is 0 Å². The minimum Gasteiger partial charge on any atom is -0.462 e. The normalized spacial score (nSPS) is 12.9. The predicted octanol–water partition coefficient (Wildman–Crippen LogP) is 2.43. The largest absolute Gasteiger partial charge is 0.462 e. The lowest BCUT2D eigenvalue weighted by atomic mass is 9.89. The lowest BCUT2D eigenvalue weighted by Crippen LogP contribution is -2.24. The summed E-state index contributed by atoms with van der Waals surface area (Å²) in [4.78, 5) is 42.2. The molecule has 1 aliphatic rings. The molecule has 0 amide bonds. The summed E-state index contributed by atoms with van der Waals surface area (Å²) in [6.07, 6.45) is 2.82. The summed E-state index contributed by atoms with van der Waals surface area (Å²) in [7, 11) is 0. The summed E-state index contributed by atoms with van der Waals surface area (Å²) in [5.41, 5.74) is -0.547.